The highest BCUT2D eigenvalue weighted by atomic mass is 32.2. The summed E-state index contributed by atoms with van der Waals surface area (Å²) >= 11 is 0. The van der Waals surface area contributed by atoms with E-state index in [-0.39, 0.29) is 36.5 Å². The molecule has 41 heavy (non-hydrogen) atoms. The number of fused-ring (bicyclic) bond motifs is 1. The molecule has 2 aromatic heterocycles. The van der Waals surface area contributed by atoms with Crippen LogP contribution in [0, 0.1) is 5.82 Å². The van der Waals surface area contributed by atoms with Crippen molar-refractivity contribution in [1.29, 1.82) is 0 Å². The van der Waals surface area contributed by atoms with Crippen LogP contribution in [0.25, 0.3) is 11.0 Å². The van der Waals surface area contributed by atoms with Gasteiger partial charge >= 0.3 is 5.97 Å². The van der Waals surface area contributed by atoms with Crippen LogP contribution in [0.2, 0.25) is 0 Å². The van der Waals surface area contributed by atoms with E-state index in [1.165, 1.54) is 16.4 Å². The Kier molecular flexibility index (Phi) is 7.84. The summed E-state index contributed by atoms with van der Waals surface area (Å²) in [7, 11) is -3.43. The highest BCUT2D eigenvalue weighted by Gasteiger charge is 2.40. The molecule has 4 heterocycles. The largest absolute Gasteiger partial charge is 0.458 e. The molecule has 2 aromatic carbocycles. The first kappa shape index (κ1) is 27.5. The molecule has 2 saturated heterocycles. The lowest BCUT2D eigenvalue weighted by molar-refractivity contribution is 0.0373. The summed E-state index contributed by atoms with van der Waals surface area (Å²) in [5, 5.41) is 9.07. The SMILES string of the molecule is O=C(OCCN1CCN(C2CN(Cc3cn(Cc4cccc(F)c4)nn3)S(=O)(=O)C2)CC1)c1cc2ccccc2o1. The van der Waals surface area contributed by atoms with E-state index >= 15 is 0 Å². The minimum Gasteiger partial charge on any atom is -0.458 e. The van der Waals surface area contributed by atoms with Gasteiger partial charge in [0.05, 0.1) is 30.7 Å². The second-order valence-corrected chi connectivity index (χ2v) is 12.4. The van der Waals surface area contributed by atoms with Gasteiger partial charge in [0.15, 0.2) is 0 Å². The molecule has 0 saturated carbocycles. The van der Waals surface area contributed by atoms with Crippen molar-refractivity contribution in [3.05, 3.63) is 83.6 Å². The summed E-state index contributed by atoms with van der Waals surface area (Å²) in [5.41, 5.74) is 1.95. The van der Waals surface area contributed by atoms with Crippen LogP contribution in [0.3, 0.4) is 0 Å². The third-order valence-corrected chi connectivity index (χ3v) is 9.43. The predicted molar refractivity (Wildman–Crippen MR) is 148 cm³/mol. The number of para-hydroxylation sites is 1. The number of benzene rings is 2. The fourth-order valence-electron chi connectivity index (χ4n) is 5.40. The fourth-order valence-corrected chi connectivity index (χ4v) is 7.14. The van der Waals surface area contributed by atoms with Gasteiger partial charge in [-0.3, -0.25) is 9.80 Å². The monoisotopic (exact) mass is 582 g/mol. The molecule has 0 spiro atoms. The molecule has 6 rings (SSSR count). The maximum Gasteiger partial charge on any atom is 0.374 e. The number of ether oxygens (including phenoxy) is 1. The Labute approximate surface area is 237 Å². The Morgan fingerprint density at radius 2 is 1.88 bits per heavy atom. The quantitative estimate of drug-likeness (QED) is 0.274. The molecule has 11 nitrogen and oxygen atoms in total. The number of hydrogen-bond acceptors (Lipinski definition) is 9. The molecule has 0 aliphatic carbocycles. The van der Waals surface area contributed by atoms with E-state index in [1.54, 1.807) is 29.1 Å². The molecular weight excluding hydrogens is 551 g/mol. The van der Waals surface area contributed by atoms with Crippen LogP contribution in [0.15, 0.2) is 65.2 Å². The van der Waals surface area contributed by atoms with Crippen LogP contribution in [-0.4, -0.2) is 101 Å². The van der Waals surface area contributed by atoms with Crippen LogP contribution in [0.1, 0.15) is 21.8 Å². The zero-order chi connectivity index (χ0) is 28.4. The van der Waals surface area contributed by atoms with E-state index < -0.39 is 16.0 Å². The van der Waals surface area contributed by atoms with E-state index in [0.717, 1.165) is 37.1 Å². The van der Waals surface area contributed by atoms with Crippen molar-refractivity contribution in [3.63, 3.8) is 0 Å². The first-order valence-electron chi connectivity index (χ1n) is 13.6. The zero-order valence-corrected chi connectivity index (χ0v) is 23.2. The predicted octanol–water partition coefficient (Wildman–Crippen LogP) is 2.20. The molecule has 0 radical (unpaired) electrons. The molecule has 2 aliphatic rings. The van der Waals surface area contributed by atoms with Crippen LogP contribution in [0.5, 0.6) is 0 Å². The number of furan rings is 1. The summed E-state index contributed by atoms with van der Waals surface area (Å²) in [6, 6.07) is 15.3. The van der Waals surface area contributed by atoms with E-state index in [4.69, 9.17) is 9.15 Å². The average molecular weight is 583 g/mol. The Hall–Kier alpha value is -3.65. The number of aromatic nitrogens is 3. The maximum atomic E-state index is 13.5. The molecular formula is C28H31FN6O5S. The van der Waals surface area contributed by atoms with Gasteiger partial charge in [-0.25, -0.2) is 22.3 Å². The summed E-state index contributed by atoms with van der Waals surface area (Å²) in [5.74, 6) is -0.540. The van der Waals surface area contributed by atoms with Crippen molar-refractivity contribution >= 4 is 27.0 Å². The molecule has 2 aliphatic heterocycles. The van der Waals surface area contributed by atoms with Gasteiger partial charge in [0.2, 0.25) is 15.8 Å². The first-order valence-corrected chi connectivity index (χ1v) is 15.2. The second-order valence-electron chi connectivity index (χ2n) is 10.4. The Morgan fingerprint density at radius 3 is 2.68 bits per heavy atom. The number of rotatable bonds is 9. The smallest absolute Gasteiger partial charge is 0.374 e. The summed E-state index contributed by atoms with van der Waals surface area (Å²) in [6.07, 6.45) is 1.70. The standard InChI is InChI=1S/C28H31FN6O5S/c29-23-6-3-4-21(14-23)16-34-17-24(30-31-34)18-35-19-25(20-41(35,37)38)33-10-8-32(9-11-33)12-13-39-28(36)27-15-22-5-1-2-7-26(22)40-27/h1-7,14-15,17,25H,8-13,16,18-20H2. The van der Waals surface area contributed by atoms with Gasteiger partial charge in [-0.05, 0) is 29.8 Å². The van der Waals surface area contributed by atoms with Crippen molar-refractivity contribution < 1.29 is 26.8 Å². The summed E-state index contributed by atoms with van der Waals surface area (Å²) in [4.78, 5) is 16.8. The number of halogens is 1. The minimum atomic E-state index is -3.43. The Balaban J connectivity index is 0.953. The topological polar surface area (TPSA) is 114 Å². The van der Waals surface area contributed by atoms with Gasteiger partial charge in [-0.1, -0.05) is 35.5 Å². The number of hydrogen-bond donors (Lipinski definition) is 0. The van der Waals surface area contributed by atoms with E-state index in [0.29, 0.717) is 30.9 Å². The molecule has 216 valence electrons. The molecule has 0 amide bonds. The zero-order valence-electron chi connectivity index (χ0n) is 22.4. The van der Waals surface area contributed by atoms with Crippen LogP contribution < -0.4 is 0 Å². The number of carbonyl (C=O) groups excluding carboxylic acids is 1. The minimum absolute atomic E-state index is 0.0690. The lowest BCUT2D eigenvalue weighted by Crippen LogP contribution is -2.52. The van der Waals surface area contributed by atoms with E-state index in [1.807, 2.05) is 24.3 Å². The normalized spacial score (nSPS) is 20.1. The number of nitrogens with zero attached hydrogens (tertiary/aromatic N) is 6. The first-order chi connectivity index (χ1) is 19.8. The van der Waals surface area contributed by atoms with Crippen molar-refractivity contribution in [2.45, 2.75) is 19.1 Å². The van der Waals surface area contributed by atoms with Crippen molar-refractivity contribution in [1.82, 2.24) is 29.1 Å². The Bertz CT molecular complexity index is 1600. The summed E-state index contributed by atoms with van der Waals surface area (Å²) in [6.45, 7) is 4.73. The molecule has 0 bridgehead atoms. The Morgan fingerprint density at radius 1 is 1.05 bits per heavy atom. The fraction of sp³-hybridized carbons (Fsp3) is 0.393. The van der Waals surface area contributed by atoms with Crippen molar-refractivity contribution in [3.8, 4) is 0 Å². The van der Waals surface area contributed by atoms with Gasteiger partial charge in [0, 0.05) is 50.7 Å². The van der Waals surface area contributed by atoms with Gasteiger partial charge in [0.25, 0.3) is 0 Å². The van der Waals surface area contributed by atoms with Crippen molar-refractivity contribution in [2.75, 3.05) is 51.6 Å². The molecule has 0 N–H and O–H groups in total. The molecule has 1 atom stereocenters. The van der Waals surface area contributed by atoms with Gasteiger partial charge in [0.1, 0.15) is 18.0 Å². The van der Waals surface area contributed by atoms with Crippen molar-refractivity contribution in [2.24, 2.45) is 0 Å². The average Bonchev–Trinajstić information content (AvgIpc) is 3.66. The van der Waals surface area contributed by atoms with Gasteiger partial charge in [-0.2, -0.15) is 4.31 Å². The lowest BCUT2D eigenvalue weighted by Gasteiger charge is -2.37. The molecule has 13 heteroatoms. The number of esters is 1. The number of piperazine rings is 1. The van der Waals surface area contributed by atoms with Crippen LogP contribution >= 0.6 is 0 Å². The number of sulfonamides is 1. The second kappa shape index (κ2) is 11.7. The third-order valence-electron chi connectivity index (χ3n) is 7.56. The molecule has 2 fully saturated rings. The van der Waals surface area contributed by atoms with Gasteiger partial charge < -0.3 is 9.15 Å². The van der Waals surface area contributed by atoms with E-state index in [2.05, 4.69) is 20.1 Å². The molecule has 1 unspecified atom stereocenters. The molecule has 4 aromatic rings. The van der Waals surface area contributed by atoms with Gasteiger partial charge in [-0.15, -0.1) is 5.10 Å². The lowest BCUT2D eigenvalue weighted by atomic mass is 10.2. The highest BCUT2D eigenvalue weighted by Crippen LogP contribution is 2.23. The van der Waals surface area contributed by atoms with Crippen LogP contribution in [-0.2, 0) is 27.8 Å². The van der Waals surface area contributed by atoms with Crippen LogP contribution in [0.4, 0.5) is 4.39 Å². The highest BCUT2D eigenvalue weighted by molar-refractivity contribution is 7.89. The van der Waals surface area contributed by atoms with E-state index in [9.17, 15) is 17.6 Å². The third kappa shape index (κ3) is 6.48. The maximum absolute atomic E-state index is 13.5. The number of carbonyl (C=O) groups is 1. The summed E-state index contributed by atoms with van der Waals surface area (Å²) < 4.78 is 53.4.